The zero-order chi connectivity index (χ0) is 14.7. The molecule has 1 fully saturated rings. The van der Waals surface area contributed by atoms with Crippen molar-refractivity contribution in [1.29, 1.82) is 0 Å². The Balaban J connectivity index is 1.83. The zero-order valence-electron chi connectivity index (χ0n) is 13.0. The number of nitrogens with one attached hydrogen (secondary N) is 1. The van der Waals surface area contributed by atoms with Gasteiger partial charge in [0.1, 0.15) is 0 Å². The Morgan fingerprint density at radius 3 is 2.81 bits per heavy atom. The SMILES string of the molecule is CC(C)NCc1nn(CC2CCOCC2)c2ccccc12. The summed E-state index contributed by atoms with van der Waals surface area (Å²) in [4.78, 5) is 0. The summed E-state index contributed by atoms with van der Waals surface area (Å²) in [5, 5.41) is 9.62. The minimum atomic E-state index is 0.476. The minimum absolute atomic E-state index is 0.476. The van der Waals surface area contributed by atoms with Gasteiger partial charge in [-0.3, -0.25) is 4.68 Å². The Labute approximate surface area is 126 Å². The fourth-order valence-corrected chi connectivity index (χ4v) is 2.94. The minimum Gasteiger partial charge on any atom is -0.381 e. The Hall–Kier alpha value is -1.39. The van der Waals surface area contributed by atoms with E-state index < -0.39 is 0 Å². The molecule has 2 aromatic rings. The number of hydrogen-bond donors (Lipinski definition) is 1. The van der Waals surface area contributed by atoms with Crippen LogP contribution in [0.2, 0.25) is 0 Å². The number of benzene rings is 1. The average Bonchev–Trinajstić information content (AvgIpc) is 2.85. The summed E-state index contributed by atoms with van der Waals surface area (Å²) in [5.74, 6) is 0.688. The first-order chi connectivity index (χ1) is 10.2. The molecule has 114 valence electrons. The van der Waals surface area contributed by atoms with Crippen molar-refractivity contribution in [2.45, 2.75) is 45.8 Å². The second kappa shape index (κ2) is 6.58. The maximum atomic E-state index is 5.46. The number of aromatic nitrogens is 2. The molecular formula is C17H25N3O. The van der Waals surface area contributed by atoms with Crippen LogP contribution in [0.4, 0.5) is 0 Å². The number of fused-ring (bicyclic) bond motifs is 1. The predicted molar refractivity (Wildman–Crippen MR) is 85.3 cm³/mol. The lowest BCUT2D eigenvalue weighted by molar-refractivity contribution is 0.0605. The number of rotatable bonds is 5. The lowest BCUT2D eigenvalue weighted by Gasteiger charge is -2.22. The number of hydrogen-bond acceptors (Lipinski definition) is 3. The van der Waals surface area contributed by atoms with Crippen molar-refractivity contribution in [3.8, 4) is 0 Å². The fraction of sp³-hybridized carbons (Fsp3) is 0.588. The van der Waals surface area contributed by atoms with Crippen molar-refractivity contribution in [1.82, 2.24) is 15.1 Å². The summed E-state index contributed by atoms with van der Waals surface area (Å²) in [6.45, 7) is 7.96. The largest absolute Gasteiger partial charge is 0.381 e. The molecule has 1 saturated heterocycles. The van der Waals surface area contributed by atoms with Crippen LogP contribution >= 0.6 is 0 Å². The highest BCUT2D eigenvalue weighted by Gasteiger charge is 2.17. The highest BCUT2D eigenvalue weighted by molar-refractivity contribution is 5.81. The van der Waals surface area contributed by atoms with Crippen molar-refractivity contribution in [2.24, 2.45) is 5.92 Å². The molecule has 21 heavy (non-hydrogen) atoms. The third-order valence-electron chi connectivity index (χ3n) is 4.18. The predicted octanol–water partition coefficient (Wildman–Crippen LogP) is 2.96. The van der Waals surface area contributed by atoms with Gasteiger partial charge >= 0.3 is 0 Å². The van der Waals surface area contributed by atoms with Crippen LogP contribution in [0.5, 0.6) is 0 Å². The Morgan fingerprint density at radius 1 is 1.29 bits per heavy atom. The summed E-state index contributed by atoms with van der Waals surface area (Å²) < 4.78 is 7.65. The normalized spacial score (nSPS) is 16.9. The van der Waals surface area contributed by atoms with Gasteiger partial charge < -0.3 is 10.1 Å². The van der Waals surface area contributed by atoms with Gasteiger partial charge in [0.15, 0.2) is 0 Å². The van der Waals surface area contributed by atoms with Gasteiger partial charge in [0.25, 0.3) is 0 Å². The summed E-state index contributed by atoms with van der Waals surface area (Å²) in [6.07, 6.45) is 2.29. The van der Waals surface area contributed by atoms with Gasteiger partial charge in [-0.15, -0.1) is 0 Å². The van der Waals surface area contributed by atoms with Crippen molar-refractivity contribution >= 4 is 10.9 Å². The molecule has 1 aliphatic rings. The van der Waals surface area contributed by atoms with E-state index in [4.69, 9.17) is 9.84 Å². The van der Waals surface area contributed by atoms with Gasteiger partial charge in [0, 0.05) is 37.7 Å². The Bertz CT molecular complexity index is 585. The third kappa shape index (κ3) is 3.44. The van der Waals surface area contributed by atoms with E-state index in [1.807, 2.05) is 0 Å². The first-order valence-corrected chi connectivity index (χ1v) is 7.99. The molecule has 2 heterocycles. The molecule has 1 aromatic heterocycles. The second-order valence-electron chi connectivity index (χ2n) is 6.24. The topological polar surface area (TPSA) is 39.1 Å². The summed E-state index contributed by atoms with van der Waals surface area (Å²) in [6, 6.07) is 9.04. The van der Waals surface area contributed by atoms with Crippen LogP contribution in [0.1, 0.15) is 32.4 Å². The van der Waals surface area contributed by atoms with E-state index in [9.17, 15) is 0 Å². The van der Waals surface area contributed by atoms with E-state index in [1.54, 1.807) is 0 Å². The van der Waals surface area contributed by atoms with Crippen LogP contribution < -0.4 is 5.32 Å². The maximum absolute atomic E-state index is 5.46. The third-order valence-corrected chi connectivity index (χ3v) is 4.18. The van der Waals surface area contributed by atoms with Gasteiger partial charge in [-0.25, -0.2) is 0 Å². The van der Waals surface area contributed by atoms with E-state index in [-0.39, 0.29) is 0 Å². The lowest BCUT2D eigenvalue weighted by atomic mass is 10.0. The molecule has 3 rings (SSSR count). The standard InChI is InChI=1S/C17H25N3O/c1-13(2)18-11-16-15-5-3-4-6-17(15)20(19-16)12-14-7-9-21-10-8-14/h3-6,13-14,18H,7-12H2,1-2H3. The molecular weight excluding hydrogens is 262 g/mol. The highest BCUT2D eigenvalue weighted by atomic mass is 16.5. The number of para-hydroxylation sites is 1. The average molecular weight is 287 g/mol. The molecule has 0 spiro atoms. The van der Waals surface area contributed by atoms with Crippen molar-refractivity contribution in [3.63, 3.8) is 0 Å². The van der Waals surface area contributed by atoms with Gasteiger partial charge in [-0.2, -0.15) is 5.10 Å². The van der Waals surface area contributed by atoms with Crippen LogP contribution in [0.3, 0.4) is 0 Å². The van der Waals surface area contributed by atoms with Gasteiger partial charge in [-0.1, -0.05) is 32.0 Å². The zero-order valence-corrected chi connectivity index (χ0v) is 13.0. The van der Waals surface area contributed by atoms with Crippen LogP contribution in [-0.4, -0.2) is 29.0 Å². The molecule has 4 heteroatoms. The van der Waals surface area contributed by atoms with Crippen LogP contribution in [-0.2, 0) is 17.8 Å². The Morgan fingerprint density at radius 2 is 2.05 bits per heavy atom. The highest BCUT2D eigenvalue weighted by Crippen LogP contribution is 2.22. The quantitative estimate of drug-likeness (QED) is 0.919. The Kier molecular flexibility index (Phi) is 4.56. The van der Waals surface area contributed by atoms with Crippen LogP contribution in [0.15, 0.2) is 24.3 Å². The van der Waals surface area contributed by atoms with Crippen LogP contribution in [0.25, 0.3) is 10.9 Å². The van der Waals surface area contributed by atoms with Gasteiger partial charge in [0.05, 0.1) is 11.2 Å². The molecule has 4 nitrogen and oxygen atoms in total. The molecule has 0 saturated carbocycles. The lowest BCUT2D eigenvalue weighted by Crippen LogP contribution is -2.23. The second-order valence-corrected chi connectivity index (χ2v) is 6.24. The first kappa shape index (κ1) is 14.5. The summed E-state index contributed by atoms with van der Waals surface area (Å²) >= 11 is 0. The van der Waals surface area contributed by atoms with Crippen molar-refractivity contribution in [2.75, 3.05) is 13.2 Å². The molecule has 0 atom stereocenters. The molecule has 0 amide bonds. The van der Waals surface area contributed by atoms with Gasteiger partial charge in [-0.05, 0) is 24.8 Å². The van der Waals surface area contributed by atoms with Gasteiger partial charge in [0.2, 0.25) is 0 Å². The molecule has 1 aromatic carbocycles. The molecule has 0 radical (unpaired) electrons. The first-order valence-electron chi connectivity index (χ1n) is 7.99. The smallest absolute Gasteiger partial charge is 0.0841 e. The summed E-state index contributed by atoms with van der Waals surface area (Å²) in [5.41, 5.74) is 2.41. The van der Waals surface area contributed by atoms with E-state index in [2.05, 4.69) is 48.1 Å². The fourth-order valence-electron chi connectivity index (χ4n) is 2.94. The maximum Gasteiger partial charge on any atom is 0.0841 e. The number of nitrogens with zero attached hydrogens (tertiary/aromatic N) is 2. The summed E-state index contributed by atoms with van der Waals surface area (Å²) in [7, 11) is 0. The monoisotopic (exact) mass is 287 g/mol. The van der Waals surface area contributed by atoms with Crippen molar-refractivity contribution < 1.29 is 4.74 Å². The van der Waals surface area contributed by atoms with E-state index in [0.29, 0.717) is 12.0 Å². The van der Waals surface area contributed by atoms with Crippen LogP contribution in [0, 0.1) is 5.92 Å². The molecule has 0 aliphatic carbocycles. The molecule has 0 bridgehead atoms. The number of ether oxygens (including phenoxy) is 1. The molecule has 1 aliphatic heterocycles. The van der Waals surface area contributed by atoms with E-state index in [1.165, 1.54) is 10.9 Å². The van der Waals surface area contributed by atoms with E-state index in [0.717, 1.165) is 44.8 Å². The molecule has 1 N–H and O–H groups in total. The molecule has 0 unspecified atom stereocenters. The van der Waals surface area contributed by atoms with E-state index >= 15 is 0 Å². The van der Waals surface area contributed by atoms with Crippen molar-refractivity contribution in [3.05, 3.63) is 30.0 Å².